The fourth-order valence-electron chi connectivity index (χ4n) is 2.76. The number of imide groups is 1. The van der Waals surface area contributed by atoms with Crippen LogP contribution in [-0.2, 0) is 9.59 Å². The molecular formula is C12H20N2O3. The highest BCUT2D eigenvalue weighted by molar-refractivity contribution is 6.02. The summed E-state index contributed by atoms with van der Waals surface area (Å²) >= 11 is 0. The molecule has 0 radical (unpaired) electrons. The van der Waals surface area contributed by atoms with Gasteiger partial charge in [0.2, 0.25) is 11.8 Å². The zero-order valence-electron chi connectivity index (χ0n) is 10.3. The lowest BCUT2D eigenvalue weighted by molar-refractivity contribution is -0.158. The lowest BCUT2D eigenvalue weighted by Crippen LogP contribution is -2.61. The van der Waals surface area contributed by atoms with Crippen LogP contribution in [0.4, 0.5) is 0 Å². The molecule has 0 bridgehead atoms. The van der Waals surface area contributed by atoms with Crippen LogP contribution >= 0.6 is 0 Å². The Morgan fingerprint density at radius 1 is 1.24 bits per heavy atom. The lowest BCUT2D eigenvalue weighted by atomic mass is 9.69. The van der Waals surface area contributed by atoms with E-state index < -0.39 is 17.4 Å². The molecule has 2 fully saturated rings. The predicted molar refractivity (Wildman–Crippen MR) is 62.0 cm³/mol. The number of piperidine rings is 2. The Morgan fingerprint density at radius 3 is 2.41 bits per heavy atom. The molecule has 2 rings (SSSR count). The summed E-state index contributed by atoms with van der Waals surface area (Å²) in [6, 6.07) is 0. The molecule has 2 aliphatic rings. The van der Waals surface area contributed by atoms with E-state index >= 15 is 0 Å². The highest BCUT2D eigenvalue weighted by Gasteiger charge is 2.50. The minimum Gasteiger partial charge on any atom is -0.391 e. The summed E-state index contributed by atoms with van der Waals surface area (Å²) < 4.78 is 0. The van der Waals surface area contributed by atoms with Crippen LogP contribution in [0.15, 0.2) is 0 Å². The highest BCUT2D eigenvalue weighted by atomic mass is 16.3. The first kappa shape index (κ1) is 12.5. The third kappa shape index (κ3) is 2.09. The monoisotopic (exact) mass is 240 g/mol. The van der Waals surface area contributed by atoms with Gasteiger partial charge in [-0.2, -0.15) is 0 Å². The average Bonchev–Trinajstić information content (AvgIpc) is 2.28. The molecule has 0 spiro atoms. The summed E-state index contributed by atoms with van der Waals surface area (Å²) in [4.78, 5) is 23.6. The Hall–Kier alpha value is -0.940. The minimum absolute atomic E-state index is 0.165. The Labute approximate surface area is 101 Å². The van der Waals surface area contributed by atoms with Gasteiger partial charge in [-0.3, -0.25) is 14.9 Å². The van der Waals surface area contributed by atoms with Gasteiger partial charge in [0.15, 0.2) is 0 Å². The summed E-state index contributed by atoms with van der Waals surface area (Å²) in [6.45, 7) is 5.12. The quantitative estimate of drug-likeness (QED) is 0.547. The van der Waals surface area contributed by atoms with Crippen molar-refractivity contribution in [1.82, 2.24) is 10.6 Å². The van der Waals surface area contributed by atoms with Crippen molar-refractivity contribution in [2.45, 2.75) is 32.8 Å². The minimum atomic E-state index is -0.885. The first-order valence-corrected chi connectivity index (χ1v) is 6.18. The van der Waals surface area contributed by atoms with Gasteiger partial charge < -0.3 is 10.4 Å². The van der Waals surface area contributed by atoms with Crippen LogP contribution in [-0.4, -0.2) is 36.1 Å². The number of amides is 2. The van der Waals surface area contributed by atoms with Gasteiger partial charge in [-0.25, -0.2) is 0 Å². The second kappa shape index (κ2) is 4.38. The van der Waals surface area contributed by atoms with E-state index in [0.717, 1.165) is 25.9 Å². The van der Waals surface area contributed by atoms with Gasteiger partial charge in [0, 0.05) is 0 Å². The molecule has 2 saturated heterocycles. The molecular weight excluding hydrogens is 220 g/mol. The van der Waals surface area contributed by atoms with E-state index in [9.17, 15) is 14.7 Å². The predicted octanol–water partition coefficient (Wildman–Crippen LogP) is -0.354. The fraction of sp³-hybridized carbons (Fsp3) is 0.833. The number of carbonyl (C=O) groups excluding carboxylic acids is 2. The fourth-order valence-corrected chi connectivity index (χ4v) is 2.76. The number of hydrogen-bond donors (Lipinski definition) is 3. The molecule has 2 unspecified atom stereocenters. The summed E-state index contributed by atoms with van der Waals surface area (Å²) in [5, 5.41) is 15.9. The zero-order valence-corrected chi connectivity index (χ0v) is 10.3. The standard InChI is InChI=1S/C12H20N2O3/c1-12(2)9(15)8(10(16)14-11(12)17)7-3-5-13-6-4-7/h7-9,13,15H,3-6H2,1-2H3,(H,14,16,17). The molecule has 5 nitrogen and oxygen atoms in total. The van der Waals surface area contributed by atoms with Gasteiger partial charge in [0.1, 0.15) is 0 Å². The van der Waals surface area contributed by atoms with Crippen LogP contribution < -0.4 is 10.6 Å². The van der Waals surface area contributed by atoms with Crippen molar-refractivity contribution in [2.24, 2.45) is 17.3 Å². The number of carbonyl (C=O) groups is 2. The van der Waals surface area contributed by atoms with Crippen molar-refractivity contribution in [3.05, 3.63) is 0 Å². The third-order valence-electron chi connectivity index (χ3n) is 4.10. The molecule has 2 heterocycles. The topological polar surface area (TPSA) is 78.4 Å². The molecule has 2 atom stereocenters. The maximum atomic E-state index is 11.9. The lowest BCUT2D eigenvalue weighted by Gasteiger charge is -2.42. The molecule has 3 N–H and O–H groups in total. The Balaban J connectivity index is 2.20. The van der Waals surface area contributed by atoms with Crippen LogP contribution in [0, 0.1) is 17.3 Å². The summed E-state index contributed by atoms with van der Waals surface area (Å²) in [5.41, 5.74) is -0.885. The molecule has 5 heteroatoms. The van der Waals surface area contributed by atoms with E-state index in [1.165, 1.54) is 0 Å². The van der Waals surface area contributed by atoms with Crippen LogP contribution in [0.3, 0.4) is 0 Å². The van der Waals surface area contributed by atoms with Crippen molar-refractivity contribution in [1.29, 1.82) is 0 Å². The van der Waals surface area contributed by atoms with Gasteiger partial charge in [-0.05, 0) is 45.7 Å². The summed E-state index contributed by atoms with van der Waals surface area (Å²) in [7, 11) is 0. The normalized spacial score (nSPS) is 34.5. The van der Waals surface area contributed by atoms with Crippen molar-refractivity contribution >= 4 is 11.8 Å². The van der Waals surface area contributed by atoms with Gasteiger partial charge in [0.05, 0.1) is 17.4 Å². The SMILES string of the molecule is CC1(C)C(=O)NC(=O)C(C2CCNCC2)C1O. The molecule has 0 aliphatic carbocycles. The zero-order chi connectivity index (χ0) is 12.6. The van der Waals surface area contributed by atoms with Gasteiger partial charge in [0.25, 0.3) is 0 Å². The van der Waals surface area contributed by atoms with Crippen LogP contribution in [0.1, 0.15) is 26.7 Å². The second-order valence-electron chi connectivity index (χ2n) is 5.60. The van der Waals surface area contributed by atoms with E-state index in [1.54, 1.807) is 13.8 Å². The molecule has 0 saturated carbocycles. The highest BCUT2D eigenvalue weighted by Crippen LogP contribution is 2.37. The number of hydrogen-bond acceptors (Lipinski definition) is 4. The first-order valence-electron chi connectivity index (χ1n) is 6.18. The number of aliphatic hydroxyl groups is 1. The molecule has 0 aromatic rings. The van der Waals surface area contributed by atoms with Crippen LogP contribution in [0.25, 0.3) is 0 Å². The first-order chi connectivity index (χ1) is 7.94. The maximum absolute atomic E-state index is 11.9. The number of nitrogens with one attached hydrogen (secondary N) is 2. The molecule has 17 heavy (non-hydrogen) atoms. The second-order valence-corrected chi connectivity index (χ2v) is 5.60. The maximum Gasteiger partial charge on any atom is 0.234 e. The van der Waals surface area contributed by atoms with Gasteiger partial charge in [-0.15, -0.1) is 0 Å². The molecule has 2 amide bonds. The molecule has 0 aromatic carbocycles. The molecule has 0 aromatic heterocycles. The Bertz CT molecular complexity index is 335. The van der Waals surface area contributed by atoms with Gasteiger partial charge >= 0.3 is 0 Å². The summed E-state index contributed by atoms with van der Waals surface area (Å²) in [5.74, 6) is -0.975. The van der Waals surface area contributed by atoms with Gasteiger partial charge in [-0.1, -0.05) is 0 Å². The van der Waals surface area contributed by atoms with Crippen molar-refractivity contribution < 1.29 is 14.7 Å². The van der Waals surface area contributed by atoms with E-state index in [4.69, 9.17) is 0 Å². The largest absolute Gasteiger partial charge is 0.391 e. The molecule has 96 valence electrons. The van der Waals surface area contributed by atoms with Crippen molar-refractivity contribution in [3.63, 3.8) is 0 Å². The van der Waals surface area contributed by atoms with E-state index in [1.807, 2.05) is 0 Å². The van der Waals surface area contributed by atoms with E-state index in [0.29, 0.717) is 0 Å². The van der Waals surface area contributed by atoms with E-state index in [-0.39, 0.29) is 17.7 Å². The smallest absolute Gasteiger partial charge is 0.234 e. The van der Waals surface area contributed by atoms with Crippen molar-refractivity contribution in [2.75, 3.05) is 13.1 Å². The van der Waals surface area contributed by atoms with E-state index in [2.05, 4.69) is 10.6 Å². The third-order valence-corrected chi connectivity index (χ3v) is 4.10. The molecule has 2 aliphatic heterocycles. The average molecular weight is 240 g/mol. The number of rotatable bonds is 1. The summed E-state index contributed by atoms with van der Waals surface area (Å²) in [6.07, 6.45) is 0.866. The number of aliphatic hydroxyl groups excluding tert-OH is 1. The Morgan fingerprint density at radius 2 is 1.82 bits per heavy atom. The van der Waals surface area contributed by atoms with Crippen LogP contribution in [0.2, 0.25) is 0 Å². The Kier molecular flexibility index (Phi) is 3.23. The van der Waals surface area contributed by atoms with Crippen LogP contribution in [0.5, 0.6) is 0 Å². The van der Waals surface area contributed by atoms with Crippen molar-refractivity contribution in [3.8, 4) is 0 Å².